The summed E-state index contributed by atoms with van der Waals surface area (Å²) in [7, 11) is 0. The highest BCUT2D eigenvalue weighted by molar-refractivity contribution is 6.33. The monoisotopic (exact) mass is 429 g/mol. The number of aryl methyl sites for hydroxylation is 1. The van der Waals surface area contributed by atoms with Crippen molar-refractivity contribution in [1.82, 2.24) is 24.6 Å². The zero-order valence-electron chi connectivity index (χ0n) is 17.5. The molecule has 1 fully saturated rings. The minimum atomic E-state index is -0.404. The minimum Gasteiger partial charge on any atom is -0.503 e. The highest BCUT2D eigenvalue weighted by Gasteiger charge is 2.22. The highest BCUT2D eigenvalue weighted by Crippen LogP contribution is 2.32. The third kappa shape index (κ3) is 3.85. The maximum Gasteiger partial charge on any atom is 0.235 e. The number of likely N-dealkylation sites (N-methyl/N-ethyl adjacent to an activating group) is 1. The van der Waals surface area contributed by atoms with E-state index in [-0.39, 0.29) is 5.75 Å². The molecule has 0 spiro atoms. The first-order valence-corrected chi connectivity index (χ1v) is 11.0. The number of aromatic amines is 1. The number of rotatable bonds is 6. The number of piperazine rings is 1. The average Bonchev–Trinajstić information content (AvgIpc) is 3.13. The summed E-state index contributed by atoms with van der Waals surface area (Å²) in [6.07, 6.45) is 0.618. The van der Waals surface area contributed by atoms with Crippen molar-refractivity contribution in [3.63, 3.8) is 0 Å². The van der Waals surface area contributed by atoms with Gasteiger partial charge in [0.1, 0.15) is 5.65 Å². The van der Waals surface area contributed by atoms with Crippen LogP contribution in [0.15, 0.2) is 29.1 Å². The molecule has 2 N–H and O–H groups in total. The zero-order chi connectivity index (χ0) is 21.3. The highest BCUT2D eigenvalue weighted by atomic mass is 35.5. The Morgan fingerprint density at radius 3 is 2.47 bits per heavy atom. The molecule has 4 rings (SSSR count). The van der Waals surface area contributed by atoms with Gasteiger partial charge in [0.05, 0.1) is 28.3 Å². The molecule has 7 nitrogen and oxygen atoms in total. The van der Waals surface area contributed by atoms with Gasteiger partial charge in [-0.25, -0.2) is 4.68 Å². The van der Waals surface area contributed by atoms with Gasteiger partial charge in [-0.2, -0.15) is 5.10 Å². The Labute approximate surface area is 180 Å². The van der Waals surface area contributed by atoms with Crippen molar-refractivity contribution in [3.8, 4) is 17.0 Å². The second-order valence-corrected chi connectivity index (χ2v) is 8.09. The van der Waals surface area contributed by atoms with Crippen LogP contribution in [-0.2, 0) is 13.0 Å². The summed E-state index contributed by atoms with van der Waals surface area (Å²) in [5.74, 6) is -0.319. The van der Waals surface area contributed by atoms with Crippen LogP contribution >= 0.6 is 11.6 Å². The number of nitrogens with zero attached hydrogens (tertiary/aromatic N) is 4. The lowest BCUT2D eigenvalue weighted by atomic mass is 10.1. The van der Waals surface area contributed by atoms with Crippen LogP contribution in [0.4, 0.5) is 0 Å². The van der Waals surface area contributed by atoms with Crippen LogP contribution < -0.4 is 5.43 Å². The number of aromatic hydroxyl groups is 1. The maximum absolute atomic E-state index is 13.0. The van der Waals surface area contributed by atoms with Crippen molar-refractivity contribution in [2.45, 2.75) is 26.8 Å². The largest absolute Gasteiger partial charge is 0.503 e. The van der Waals surface area contributed by atoms with Gasteiger partial charge in [-0.1, -0.05) is 43.6 Å². The summed E-state index contributed by atoms with van der Waals surface area (Å²) in [5, 5.41) is 16.2. The predicted molar refractivity (Wildman–Crippen MR) is 120 cm³/mol. The molecule has 160 valence electrons. The number of benzene rings is 1. The van der Waals surface area contributed by atoms with Crippen molar-refractivity contribution in [3.05, 3.63) is 45.2 Å². The van der Waals surface area contributed by atoms with E-state index in [9.17, 15) is 9.90 Å². The molecule has 0 bridgehead atoms. The second kappa shape index (κ2) is 8.79. The molecular weight excluding hydrogens is 402 g/mol. The molecule has 1 aliphatic rings. The SMILES string of the molecule is CCc1nn(CCN2CCN(CC)CC2)c2[nH]c(-c3ccccc3Cl)c(O)c(=O)c12. The Balaban J connectivity index is 1.70. The second-order valence-electron chi connectivity index (χ2n) is 7.68. The first-order chi connectivity index (χ1) is 14.5. The van der Waals surface area contributed by atoms with Crippen molar-refractivity contribution in [2.24, 2.45) is 0 Å². The molecule has 0 atom stereocenters. The smallest absolute Gasteiger partial charge is 0.235 e. The lowest BCUT2D eigenvalue weighted by molar-refractivity contribution is 0.133. The standard InChI is InChI=1S/C22H28ClN5O2/c1-3-17-18-20(29)21(30)19(15-7-5-6-8-16(15)23)24-22(18)28(25-17)14-13-27-11-9-26(4-2)10-12-27/h5-8,30H,3-4,9-14H2,1-2H3,(H,24,29). The molecule has 0 unspecified atom stereocenters. The van der Waals surface area contributed by atoms with E-state index in [1.807, 2.05) is 23.7 Å². The minimum absolute atomic E-state index is 0.319. The predicted octanol–water partition coefficient (Wildman–Crippen LogP) is 2.95. The Morgan fingerprint density at radius 2 is 1.80 bits per heavy atom. The van der Waals surface area contributed by atoms with Gasteiger partial charge in [0.25, 0.3) is 0 Å². The summed E-state index contributed by atoms with van der Waals surface area (Å²) in [4.78, 5) is 21.2. The van der Waals surface area contributed by atoms with Crippen LogP contribution in [0, 0.1) is 0 Å². The van der Waals surface area contributed by atoms with Crippen molar-refractivity contribution >= 4 is 22.6 Å². The lowest BCUT2D eigenvalue weighted by Crippen LogP contribution is -2.46. The summed E-state index contributed by atoms with van der Waals surface area (Å²) in [6, 6.07) is 7.17. The molecule has 1 aliphatic heterocycles. The molecule has 3 aromatic rings. The van der Waals surface area contributed by atoms with Gasteiger partial charge < -0.3 is 15.0 Å². The quantitative estimate of drug-likeness (QED) is 0.630. The number of pyridine rings is 1. The topological polar surface area (TPSA) is 77.4 Å². The number of halogens is 1. The Bertz CT molecular complexity index is 1100. The molecule has 1 aromatic carbocycles. The van der Waals surface area contributed by atoms with Crippen LogP contribution in [0.3, 0.4) is 0 Å². The van der Waals surface area contributed by atoms with E-state index in [1.165, 1.54) is 0 Å². The van der Waals surface area contributed by atoms with Crippen LogP contribution in [0.5, 0.6) is 5.75 Å². The number of nitrogens with one attached hydrogen (secondary N) is 1. The fourth-order valence-corrected chi connectivity index (χ4v) is 4.35. The van der Waals surface area contributed by atoms with E-state index in [0.29, 0.717) is 46.0 Å². The molecule has 1 saturated heterocycles. The lowest BCUT2D eigenvalue weighted by Gasteiger charge is -2.33. The molecular formula is C22H28ClN5O2. The zero-order valence-corrected chi connectivity index (χ0v) is 18.2. The fraction of sp³-hybridized carbons (Fsp3) is 0.455. The Morgan fingerprint density at radius 1 is 1.10 bits per heavy atom. The van der Waals surface area contributed by atoms with Gasteiger partial charge >= 0.3 is 0 Å². The summed E-state index contributed by atoms with van der Waals surface area (Å²) in [6.45, 7) is 11.0. The third-order valence-corrected chi connectivity index (χ3v) is 6.30. The van der Waals surface area contributed by atoms with Crippen LogP contribution in [0.2, 0.25) is 5.02 Å². The van der Waals surface area contributed by atoms with Gasteiger partial charge in [0.15, 0.2) is 5.75 Å². The molecule has 30 heavy (non-hydrogen) atoms. The molecule has 8 heteroatoms. The van der Waals surface area contributed by atoms with Gasteiger partial charge in [-0.05, 0) is 19.0 Å². The number of fused-ring (bicyclic) bond motifs is 1. The first kappa shape index (κ1) is 20.9. The van der Waals surface area contributed by atoms with E-state index in [0.717, 1.165) is 39.3 Å². The third-order valence-electron chi connectivity index (χ3n) is 5.97. The van der Waals surface area contributed by atoms with E-state index in [4.69, 9.17) is 11.6 Å². The van der Waals surface area contributed by atoms with E-state index in [1.54, 1.807) is 12.1 Å². The molecule has 2 aromatic heterocycles. The molecule has 0 radical (unpaired) electrons. The fourth-order valence-electron chi connectivity index (χ4n) is 4.12. The van der Waals surface area contributed by atoms with Gasteiger partial charge in [-0.15, -0.1) is 0 Å². The maximum atomic E-state index is 13.0. The molecule has 3 heterocycles. The van der Waals surface area contributed by atoms with Gasteiger partial charge in [0.2, 0.25) is 5.43 Å². The Hall–Kier alpha value is -2.35. The van der Waals surface area contributed by atoms with E-state index in [2.05, 4.69) is 26.8 Å². The molecule has 0 saturated carbocycles. The van der Waals surface area contributed by atoms with Crippen molar-refractivity contribution < 1.29 is 5.11 Å². The van der Waals surface area contributed by atoms with Gasteiger partial charge in [0, 0.05) is 38.3 Å². The Kier molecular flexibility index (Phi) is 6.13. The number of aromatic nitrogens is 3. The number of hydrogen-bond donors (Lipinski definition) is 2. The van der Waals surface area contributed by atoms with Crippen LogP contribution in [0.1, 0.15) is 19.5 Å². The normalized spacial score (nSPS) is 15.8. The van der Waals surface area contributed by atoms with E-state index < -0.39 is 5.43 Å². The van der Waals surface area contributed by atoms with Crippen LogP contribution in [0.25, 0.3) is 22.3 Å². The molecule has 0 aliphatic carbocycles. The number of hydrogen-bond acceptors (Lipinski definition) is 5. The summed E-state index contributed by atoms with van der Waals surface area (Å²) >= 11 is 6.33. The van der Waals surface area contributed by atoms with Gasteiger partial charge in [-0.3, -0.25) is 9.69 Å². The number of H-pyrrole nitrogens is 1. The summed E-state index contributed by atoms with van der Waals surface area (Å²) < 4.78 is 1.86. The summed E-state index contributed by atoms with van der Waals surface area (Å²) in [5.41, 5.74) is 1.86. The van der Waals surface area contributed by atoms with Crippen molar-refractivity contribution in [2.75, 3.05) is 39.3 Å². The van der Waals surface area contributed by atoms with E-state index >= 15 is 0 Å². The molecule has 0 amide bonds. The first-order valence-electron chi connectivity index (χ1n) is 10.6. The van der Waals surface area contributed by atoms with Crippen LogP contribution in [-0.4, -0.2) is 68.9 Å². The average molecular weight is 430 g/mol. The van der Waals surface area contributed by atoms with Crippen molar-refractivity contribution in [1.29, 1.82) is 0 Å².